The van der Waals surface area contributed by atoms with Crippen LogP contribution in [0.5, 0.6) is 0 Å². The third kappa shape index (κ3) is 2.42. The van der Waals surface area contributed by atoms with Crippen LogP contribution in [0.2, 0.25) is 0 Å². The molecule has 2 unspecified atom stereocenters. The van der Waals surface area contributed by atoms with Gasteiger partial charge in [-0.25, -0.2) is 0 Å². The van der Waals surface area contributed by atoms with Crippen LogP contribution in [0.3, 0.4) is 0 Å². The molecule has 1 fully saturated rings. The molecule has 2 rings (SSSR count). The topological polar surface area (TPSA) is 66.6 Å². The Labute approximate surface area is 98.7 Å². The van der Waals surface area contributed by atoms with Crippen LogP contribution in [-0.4, -0.2) is 35.1 Å². The largest absolute Gasteiger partial charge is 0.391 e. The average Bonchev–Trinajstić information content (AvgIpc) is 2.80. The predicted octanol–water partition coefficient (Wildman–Crippen LogP) is 0.731. The lowest BCUT2D eigenvalue weighted by Crippen LogP contribution is -2.45. The molecule has 2 atom stereocenters. The van der Waals surface area contributed by atoms with E-state index in [0.717, 1.165) is 17.7 Å². The van der Waals surface area contributed by atoms with Gasteiger partial charge in [0, 0.05) is 18.0 Å². The molecule has 16 heavy (non-hydrogen) atoms. The van der Waals surface area contributed by atoms with Gasteiger partial charge in [-0.1, -0.05) is 6.07 Å². The molecule has 0 saturated carbocycles. The molecule has 0 radical (unpaired) electrons. The Morgan fingerprint density at radius 3 is 3.12 bits per heavy atom. The van der Waals surface area contributed by atoms with E-state index >= 15 is 0 Å². The maximum atomic E-state index is 12.0. The molecule has 5 heteroatoms. The van der Waals surface area contributed by atoms with Gasteiger partial charge in [0.25, 0.3) is 0 Å². The number of rotatable bonds is 2. The number of amides is 1. The van der Waals surface area contributed by atoms with Gasteiger partial charge in [-0.3, -0.25) is 4.79 Å². The fourth-order valence-electron chi connectivity index (χ4n) is 1.94. The quantitative estimate of drug-likeness (QED) is 0.801. The van der Waals surface area contributed by atoms with Gasteiger partial charge in [0.2, 0.25) is 5.91 Å². The van der Waals surface area contributed by atoms with E-state index in [0.29, 0.717) is 13.1 Å². The molecular weight excluding hydrogens is 224 g/mol. The van der Waals surface area contributed by atoms with Crippen LogP contribution in [0.15, 0.2) is 17.5 Å². The molecule has 1 amide bonds. The highest BCUT2D eigenvalue weighted by Crippen LogP contribution is 2.20. The molecule has 4 nitrogen and oxygen atoms in total. The number of hydrogen-bond acceptors (Lipinski definition) is 4. The fraction of sp³-hybridized carbons (Fsp3) is 0.545. The second-order valence-electron chi connectivity index (χ2n) is 4.07. The van der Waals surface area contributed by atoms with Crippen molar-refractivity contribution >= 4 is 17.2 Å². The number of aliphatic hydroxyl groups excluding tert-OH is 1. The van der Waals surface area contributed by atoms with Gasteiger partial charge >= 0.3 is 0 Å². The minimum absolute atomic E-state index is 0.0822. The first-order valence-corrected chi connectivity index (χ1v) is 6.32. The molecule has 1 aromatic heterocycles. The maximum Gasteiger partial charge on any atom is 0.245 e. The summed E-state index contributed by atoms with van der Waals surface area (Å²) in [6.45, 7) is 1.12. The molecule has 2 heterocycles. The molecule has 88 valence electrons. The molecule has 0 spiro atoms. The summed E-state index contributed by atoms with van der Waals surface area (Å²) in [6.07, 6.45) is 1.23. The van der Waals surface area contributed by atoms with Gasteiger partial charge in [-0.05, 0) is 24.3 Å². The standard InChI is InChI=1S/C11H16N2O2S/c12-10(9-4-2-6-16-9)11(15)13-5-1-3-8(14)7-13/h2,4,6,8,10,14H,1,3,5,7,12H2. The first kappa shape index (κ1) is 11.6. The summed E-state index contributed by atoms with van der Waals surface area (Å²) >= 11 is 1.49. The van der Waals surface area contributed by atoms with Crippen molar-refractivity contribution in [3.8, 4) is 0 Å². The number of likely N-dealkylation sites (tertiary alicyclic amines) is 1. The van der Waals surface area contributed by atoms with Crippen LogP contribution in [0, 0.1) is 0 Å². The SMILES string of the molecule is NC(C(=O)N1CCCC(O)C1)c1cccs1. The van der Waals surface area contributed by atoms with Crippen LogP contribution in [0.25, 0.3) is 0 Å². The van der Waals surface area contributed by atoms with E-state index < -0.39 is 12.1 Å². The third-order valence-electron chi connectivity index (χ3n) is 2.82. The molecule has 0 aliphatic carbocycles. The van der Waals surface area contributed by atoms with E-state index in [1.165, 1.54) is 11.3 Å². The van der Waals surface area contributed by atoms with Crippen molar-refractivity contribution in [1.29, 1.82) is 0 Å². The van der Waals surface area contributed by atoms with Crippen LogP contribution >= 0.6 is 11.3 Å². The first-order valence-electron chi connectivity index (χ1n) is 5.44. The molecule has 0 bridgehead atoms. The smallest absolute Gasteiger partial charge is 0.245 e. The van der Waals surface area contributed by atoms with Crippen LogP contribution in [0.1, 0.15) is 23.8 Å². The lowest BCUT2D eigenvalue weighted by molar-refractivity contribution is -0.135. The maximum absolute atomic E-state index is 12.0. The molecule has 0 aromatic carbocycles. The summed E-state index contributed by atoms with van der Waals surface area (Å²) in [5.41, 5.74) is 5.90. The summed E-state index contributed by atoms with van der Waals surface area (Å²) in [4.78, 5) is 14.6. The van der Waals surface area contributed by atoms with Crippen molar-refractivity contribution in [2.24, 2.45) is 5.73 Å². The van der Waals surface area contributed by atoms with Crippen LogP contribution in [-0.2, 0) is 4.79 Å². The van der Waals surface area contributed by atoms with E-state index in [1.807, 2.05) is 17.5 Å². The Kier molecular flexibility index (Phi) is 3.58. The summed E-state index contributed by atoms with van der Waals surface area (Å²) in [7, 11) is 0. The molecule has 1 aliphatic heterocycles. The van der Waals surface area contributed by atoms with E-state index in [9.17, 15) is 9.90 Å². The summed E-state index contributed by atoms with van der Waals surface area (Å²) < 4.78 is 0. The number of piperidine rings is 1. The van der Waals surface area contributed by atoms with Crippen LogP contribution < -0.4 is 5.73 Å². The Morgan fingerprint density at radius 2 is 2.50 bits per heavy atom. The number of nitrogens with two attached hydrogens (primary N) is 1. The van der Waals surface area contributed by atoms with Gasteiger partial charge < -0.3 is 15.7 Å². The monoisotopic (exact) mass is 240 g/mol. The lowest BCUT2D eigenvalue weighted by Gasteiger charge is -2.31. The zero-order valence-electron chi connectivity index (χ0n) is 9.00. The third-order valence-corrected chi connectivity index (χ3v) is 3.78. The first-order chi connectivity index (χ1) is 7.68. The van der Waals surface area contributed by atoms with Gasteiger partial charge in [0.1, 0.15) is 6.04 Å². The lowest BCUT2D eigenvalue weighted by atomic mass is 10.1. The Balaban J connectivity index is 2.01. The fourth-order valence-corrected chi connectivity index (χ4v) is 2.66. The summed E-state index contributed by atoms with van der Waals surface area (Å²) in [6, 6.07) is 3.18. The van der Waals surface area contributed by atoms with E-state index in [4.69, 9.17) is 5.73 Å². The van der Waals surface area contributed by atoms with Gasteiger partial charge in [-0.2, -0.15) is 0 Å². The number of β-amino-alcohol motifs (C(OH)–C–C–N with tert-alkyl or cyclic N) is 1. The zero-order valence-corrected chi connectivity index (χ0v) is 9.82. The Bertz CT molecular complexity index is 353. The second kappa shape index (κ2) is 4.95. The van der Waals surface area contributed by atoms with Gasteiger partial charge in [0.15, 0.2) is 0 Å². The number of thiophene rings is 1. The highest BCUT2D eigenvalue weighted by Gasteiger charge is 2.27. The van der Waals surface area contributed by atoms with Gasteiger partial charge in [0.05, 0.1) is 6.10 Å². The normalized spacial score (nSPS) is 23.1. The van der Waals surface area contributed by atoms with E-state index in [1.54, 1.807) is 4.90 Å². The predicted molar refractivity (Wildman–Crippen MR) is 63.1 cm³/mol. The molecule has 3 N–H and O–H groups in total. The highest BCUT2D eigenvalue weighted by atomic mass is 32.1. The minimum Gasteiger partial charge on any atom is -0.391 e. The number of carbonyl (C=O) groups is 1. The van der Waals surface area contributed by atoms with E-state index in [2.05, 4.69) is 0 Å². The Morgan fingerprint density at radius 1 is 1.69 bits per heavy atom. The summed E-state index contributed by atoms with van der Waals surface area (Å²) in [5.74, 6) is -0.0822. The van der Waals surface area contributed by atoms with Crippen molar-refractivity contribution in [2.45, 2.75) is 25.0 Å². The number of hydrogen-bond donors (Lipinski definition) is 2. The molecular formula is C11H16N2O2S. The van der Waals surface area contributed by atoms with E-state index in [-0.39, 0.29) is 5.91 Å². The highest BCUT2D eigenvalue weighted by molar-refractivity contribution is 7.10. The Hall–Kier alpha value is -0.910. The zero-order chi connectivity index (χ0) is 11.5. The number of nitrogens with zero attached hydrogens (tertiary/aromatic N) is 1. The van der Waals surface area contributed by atoms with Crippen LogP contribution in [0.4, 0.5) is 0 Å². The molecule has 1 saturated heterocycles. The molecule has 1 aliphatic rings. The minimum atomic E-state index is -0.578. The van der Waals surface area contributed by atoms with Crippen molar-refractivity contribution in [2.75, 3.05) is 13.1 Å². The number of aliphatic hydroxyl groups is 1. The van der Waals surface area contributed by atoms with Crippen molar-refractivity contribution in [3.63, 3.8) is 0 Å². The summed E-state index contributed by atoms with van der Waals surface area (Å²) in [5, 5.41) is 11.4. The van der Waals surface area contributed by atoms with Gasteiger partial charge in [-0.15, -0.1) is 11.3 Å². The molecule has 1 aromatic rings. The van der Waals surface area contributed by atoms with Crippen molar-refractivity contribution in [1.82, 2.24) is 4.90 Å². The number of carbonyl (C=O) groups excluding carboxylic acids is 1. The second-order valence-corrected chi connectivity index (χ2v) is 5.05. The average molecular weight is 240 g/mol. The van der Waals surface area contributed by atoms with Crippen molar-refractivity contribution in [3.05, 3.63) is 22.4 Å². The van der Waals surface area contributed by atoms with Crippen molar-refractivity contribution < 1.29 is 9.90 Å².